The molecule has 1 fully saturated rings. The number of anilines is 1. The molecule has 1 saturated heterocycles. The fraction of sp³-hybridized carbons (Fsp3) is 0.750. The second kappa shape index (κ2) is 3.49. The zero-order valence-electron chi connectivity index (χ0n) is 7.62. The molecule has 0 bridgehead atoms. The lowest BCUT2D eigenvalue weighted by Crippen LogP contribution is -2.40. The first-order valence-electron chi connectivity index (χ1n) is 4.60. The fourth-order valence-electron chi connectivity index (χ4n) is 1.79. The van der Waals surface area contributed by atoms with Gasteiger partial charge in [0.1, 0.15) is 0 Å². The van der Waals surface area contributed by atoms with Gasteiger partial charge in [-0.05, 0) is 26.2 Å². The van der Waals surface area contributed by atoms with Crippen molar-refractivity contribution in [3.05, 3.63) is 10.4 Å². The van der Waals surface area contributed by atoms with Crippen LogP contribution >= 0.6 is 11.7 Å². The number of rotatable bonds is 1. The molecule has 0 saturated carbocycles. The Morgan fingerprint density at radius 2 is 2.46 bits per heavy atom. The lowest BCUT2D eigenvalue weighted by molar-refractivity contribution is 0.481. The maximum atomic E-state index is 11.3. The minimum absolute atomic E-state index is 0.0428. The Kier molecular flexibility index (Phi) is 2.35. The summed E-state index contributed by atoms with van der Waals surface area (Å²) in [6.07, 6.45) is 3.60. The Hall–Kier alpha value is -0.840. The van der Waals surface area contributed by atoms with Crippen molar-refractivity contribution in [2.75, 3.05) is 11.4 Å². The molecule has 0 aromatic carbocycles. The first kappa shape index (κ1) is 8.74. The Morgan fingerprint density at radius 1 is 1.62 bits per heavy atom. The lowest BCUT2D eigenvalue weighted by atomic mass is 10.0. The molecular weight excluding hydrogens is 186 g/mol. The number of H-pyrrole nitrogens is 1. The second-order valence-corrected chi connectivity index (χ2v) is 4.04. The molecule has 1 aliphatic rings. The molecular formula is C8H13N3OS. The first-order chi connectivity index (χ1) is 6.29. The number of aromatic amines is 1. The van der Waals surface area contributed by atoms with Crippen molar-refractivity contribution in [2.45, 2.75) is 32.2 Å². The van der Waals surface area contributed by atoms with Crippen LogP contribution in [0.2, 0.25) is 0 Å². The Morgan fingerprint density at radius 3 is 3.08 bits per heavy atom. The van der Waals surface area contributed by atoms with Crippen LogP contribution in [0.1, 0.15) is 26.2 Å². The molecule has 13 heavy (non-hydrogen) atoms. The maximum Gasteiger partial charge on any atom is 0.302 e. The highest BCUT2D eigenvalue weighted by Gasteiger charge is 2.22. The van der Waals surface area contributed by atoms with Gasteiger partial charge in [0.2, 0.25) is 5.82 Å². The summed E-state index contributed by atoms with van der Waals surface area (Å²) >= 11 is 1.13. The molecule has 72 valence electrons. The molecule has 1 N–H and O–H groups in total. The third-order valence-corrected chi connectivity index (χ3v) is 3.09. The summed E-state index contributed by atoms with van der Waals surface area (Å²) in [5.41, 5.74) is -0.0428. The van der Waals surface area contributed by atoms with E-state index in [-0.39, 0.29) is 5.56 Å². The molecule has 4 nitrogen and oxygen atoms in total. The molecule has 0 spiro atoms. The van der Waals surface area contributed by atoms with Gasteiger partial charge in [0.05, 0.1) is 0 Å². The van der Waals surface area contributed by atoms with E-state index in [1.807, 2.05) is 0 Å². The van der Waals surface area contributed by atoms with Gasteiger partial charge in [0, 0.05) is 24.3 Å². The van der Waals surface area contributed by atoms with E-state index >= 15 is 0 Å². The maximum absolute atomic E-state index is 11.3. The van der Waals surface area contributed by atoms with E-state index in [2.05, 4.69) is 20.6 Å². The molecule has 1 aromatic rings. The smallest absolute Gasteiger partial charge is 0.302 e. The number of hydrogen-bond acceptors (Lipinski definition) is 4. The Balaban J connectivity index is 2.24. The predicted molar refractivity (Wildman–Crippen MR) is 53.4 cm³/mol. The summed E-state index contributed by atoms with van der Waals surface area (Å²) in [6, 6.07) is 0.456. The van der Waals surface area contributed by atoms with E-state index in [1.165, 1.54) is 12.8 Å². The van der Waals surface area contributed by atoms with Gasteiger partial charge < -0.3 is 4.90 Å². The average molecular weight is 199 g/mol. The lowest BCUT2D eigenvalue weighted by Gasteiger charge is -2.32. The van der Waals surface area contributed by atoms with Gasteiger partial charge in [0.25, 0.3) is 0 Å². The monoisotopic (exact) mass is 199 g/mol. The van der Waals surface area contributed by atoms with Gasteiger partial charge in [-0.25, -0.2) is 0 Å². The SMILES string of the molecule is CC1CCCCN1c1ns[nH]c1=O. The highest BCUT2D eigenvalue weighted by molar-refractivity contribution is 6.99. The predicted octanol–water partition coefficient (Wildman–Crippen LogP) is 1.21. The van der Waals surface area contributed by atoms with Crippen molar-refractivity contribution >= 4 is 17.5 Å². The van der Waals surface area contributed by atoms with E-state index in [4.69, 9.17) is 0 Å². The van der Waals surface area contributed by atoms with Gasteiger partial charge in [-0.1, -0.05) is 0 Å². The molecule has 0 radical (unpaired) electrons. The summed E-state index contributed by atoms with van der Waals surface area (Å²) in [6.45, 7) is 3.12. The van der Waals surface area contributed by atoms with Crippen LogP contribution in [-0.4, -0.2) is 21.3 Å². The van der Waals surface area contributed by atoms with Crippen molar-refractivity contribution in [1.82, 2.24) is 8.75 Å². The van der Waals surface area contributed by atoms with Gasteiger partial charge in [-0.2, -0.15) is 4.37 Å². The van der Waals surface area contributed by atoms with E-state index in [0.717, 1.165) is 24.7 Å². The summed E-state index contributed by atoms with van der Waals surface area (Å²) in [4.78, 5) is 13.4. The van der Waals surface area contributed by atoms with Crippen molar-refractivity contribution in [3.63, 3.8) is 0 Å². The number of piperidine rings is 1. The molecule has 2 heterocycles. The van der Waals surface area contributed by atoms with Crippen molar-refractivity contribution < 1.29 is 0 Å². The molecule has 5 heteroatoms. The third kappa shape index (κ3) is 1.60. The number of aromatic nitrogens is 2. The van der Waals surface area contributed by atoms with Gasteiger partial charge in [-0.3, -0.25) is 9.17 Å². The standard InChI is InChI=1S/C8H13N3OS/c1-6-4-2-3-5-11(6)7-8(12)10-13-9-7/h6H,2-5H2,1H3,(H,10,12). The van der Waals surface area contributed by atoms with Crippen LogP contribution in [0.25, 0.3) is 0 Å². The minimum atomic E-state index is -0.0428. The third-order valence-electron chi connectivity index (χ3n) is 2.55. The molecule has 2 rings (SSSR count). The molecule has 1 unspecified atom stereocenters. The van der Waals surface area contributed by atoms with E-state index in [9.17, 15) is 4.79 Å². The number of hydrogen-bond donors (Lipinski definition) is 1. The highest BCUT2D eigenvalue weighted by atomic mass is 32.1. The van der Waals surface area contributed by atoms with Crippen molar-refractivity contribution in [2.24, 2.45) is 0 Å². The summed E-state index contributed by atoms with van der Waals surface area (Å²) in [7, 11) is 0. The Bertz CT molecular complexity index is 332. The normalized spacial score (nSPS) is 23.5. The van der Waals surface area contributed by atoms with Crippen molar-refractivity contribution in [1.29, 1.82) is 0 Å². The first-order valence-corrected chi connectivity index (χ1v) is 5.37. The van der Waals surface area contributed by atoms with Gasteiger partial charge >= 0.3 is 5.56 Å². The summed E-state index contributed by atoms with van der Waals surface area (Å²) in [5.74, 6) is 0.609. The Labute approximate surface area is 80.9 Å². The minimum Gasteiger partial charge on any atom is -0.348 e. The molecule has 1 aromatic heterocycles. The van der Waals surface area contributed by atoms with Crippen LogP contribution in [-0.2, 0) is 0 Å². The summed E-state index contributed by atoms with van der Waals surface area (Å²) < 4.78 is 6.71. The van der Waals surface area contributed by atoms with E-state index < -0.39 is 0 Å². The van der Waals surface area contributed by atoms with Gasteiger partial charge in [-0.15, -0.1) is 0 Å². The molecule has 1 atom stereocenters. The number of nitrogens with one attached hydrogen (secondary N) is 1. The highest BCUT2D eigenvalue weighted by Crippen LogP contribution is 2.20. The van der Waals surface area contributed by atoms with Crippen LogP contribution in [0, 0.1) is 0 Å². The topological polar surface area (TPSA) is 49.0 Å². The zero-order chi connectivity index (χ0) is 9.26. The van der Waals surface area contributed by atoms with Crippen LogP contribution < -0.4 is 10.5 Å². The second-order valence-electron chi connectivity index (χ2n) is 3.48. The van der Waals surface area contributed by atoms with Crippen LogP contribution in [0.5, 0.6) is 0 Å². The van der Waals surface area contributed by atoms with E-state index in [0.29, 0.717) is 11.9 Å². The van der Waals surface area contributed by atoms with Crippen LogP contribution in [0.4, 0.5) is 5.82 Å². The molecule has 0 aliphatic carbocycles. The van der Waals surface area contributed by atoms with Crippen LogP contribution in [0.3, 0.4) is 0 Å². The van der Waals surface area contributed by atoms with Gasteiger partial charge in [0.15, 0.2) is 0 Å². The molecule has 1 aliphatic heterocycles. The quantitative estimate of drug-likeness (QED) is 0.739. The average Bonchev–Trinajstić information content (AvgIpc) is 2.52. The summed E-state index contributed by atoms with van der Waals surface area (Å²) in [5, 5.41) is 0. The zero-order valence-corrected chi connectivity index (χ0v) is 8.43. The van der Waals surface area contributed by atoms with Crippen molar-refractivity contribution in [3.8, 4) is 0 Å². The molecule has 0 amide bonds. The van der Waals surface area contributed by atoms with Crippen LogP contribution in [0.15, 0.2) is 4.79 Å². The van der Waals surface area contributed by atoms with E-state index in [1.54, 1.807) is 0 Å². The fourth-order valence-corrected chi connectivity index (χ4v) is 2.28. The number of nitrogens with zero attached hydrogens (tertiary/aromatic N) is 2. The largest absolute Gasteiger partial charge is 0.348 e.